The summed E-state index contributed by atoms with van der Waals surface area (Å²) in [7, 11) is -2.68. The van der Waals surface area contributed by atoms with E-state index in [1.54, 1.807) is 0 Å². The third-order valence-electron chi connectivity index (χ3n) is 1.04. The molecule has 0 saturated heterocycles. The first-order valence-corrected chi connectivity index (χ1v) is 5.72. The van der Waals surface area contributed by atoms with Gasteiger partial charge in [0.05, 0.1) is 0 Å². The minimum absolute atomic E-state index is 0. The van der Waals surface area contributed by atoms with Crippen molar-refractivity contribution < 1.29 is 46.2 Å². The molecule has 1 N–H and O–H groups in total. The van der Waals surface area contributed by atoms with Crippen molar-refractivity contribution in [2.24, 2.45) is 0 Å². The summed E-state index contributed by atoms with van der Waals surface area (Å²) in [6, 6.07) is 0. The molecule has 0 aliphatic heterocycles. The molecule has 0 aromatic carbocycles. The Balaban J connectivity index is 0. The maximum atomic E-state index is 9.91. The summed E-state index contributed by atoms with van der Waals surface area (Å²) in [4.78, 5) is 0. The maximum absolute atomic E-state index is 9.91. The van der Waals surface area contributed by atoms with E-state index in [1.807, 2.05) is 7.05 Å². The molecule has 5 nitrogen and oxygen atoms in total. The van der Waals surface area contributed by atoms with Crippen LogP contribution in [0, 0.1) is 0 Å². The van der Waals surface area contributed by atoms with Crippen LogP contribution in [0.4, 0.5) is 0 Å². The van der Waals surface area contributed by atoms with Gasteiger partial charge in [0.15, 0.2) is 0 Å². The molecule has 0 aromatic rings. The first-order chi connectivity index (χ1) is 5.56. The van der Waals surface area contributed by atoms with Crippen molar-refractivity contribution in [1.82, 2.24) is 5.32 Å². The summed E-state index contributed by atoms with van der Waals surface area (Å²) in [6.07, 6.45) is 1.76. The summed E-state index contributed by atoms with van der Waals surface area (Å²) in [5, 5.41) is 2.94. The number of nitrogens with one attached hydrogen (secondary N) is 1. The van der Waals surface area contributed by atoms with Crippen molar-refractivity contribution in [3.05, 3.63) is 0 Å². The molecule has 0 aliphatic rings. The molecule has 0 saturated carbocycles. The van der Waals surface area contributed by atoms with Gasteiger partial charge in [-0.1, -0.05) is 0 Å². The van der Waals surface area contributed by atoms with Crippen LogP contribution in [0.15, 0.2) is 0 Å². The Morgan fingerprint density at radius 2 is 2.08 bits per heavy atom. The third kappa shape index (κ3) is 15.9. The second-order valence-corrected chi connectivity index (χ2v) is 4.11. The van der Waals surface area contributed by atoms with E-state index in [1.165, 1.54) is 0 Å². The van der Waals surface area contributed by atoms with Gasteiger partial charge in [-0.3, -0.25) is 0 Å². The molecular formula is C5H12NNaO4S2. The zero-order valence-electron chi connectivity index (χ0n) is 7.78. The van der Waals surface area contributed by atoms with Crippen molar-refractivity contribution in [2.45, 2.75) is 12.8 Å². The molecule has 0 bridgehead atoms. The molecule has 0 atom stereocenters. The molecule has 0 fully saturated rings. The van der Waals surface area contributed by atoms with Crippen molar-refractivity contribution >= 4 is 22.4 Å². The molecule has 0 rings (SSSR count). The summed E-state index contributed by atoms with van der Waals surface area (Å²) < 4.78 is 33.6. The number of hydrogen-bond donors (Lipinski definition) is 1. The topological polar surface area (TPSA) is 78.5 Å². The van der Waals surface area contributed by atoms with Crippen molar-refractivity contribution in [2.75, 3.05) is 19.3 Å². The van der Waals surface area contributed by atoms with Crippen molar-refractivity contribution in [3.8, 4) is 0 Å². The van der Waals surface area contributed by atoms with Crippen LogP contribution in [0.3, 0.4) is 0 Å². The van der Waals surface area contributed by atoms with Crippen molar-refractivity contribution in [1.29, 1.82) is 0 Å². The zero-order valence-corrected chi connectivity index (χ0v) is 11.4. The third-order valence-corrected chi connectivity index (χ3v) is 2.54. The van der Waals surface area contributed by atoms with Crippen LogP contribution in [0.25, 0.3) is 0 Å². The first-order valence-electron chi connectivity index (χ1n) is 3.48. The van der Waals surface area contributed by atoms with Gasteiger partial charge in [0, 0.05) is 17.8 Å². The van der Waals surface area contributed by atoms with E-state index in [4.69, 9.17) is 0 Å². The zero-order chi connectivity index (χ0) is 9.45. The number of hydrogen-bond acceptors (Lipinski definition) is 6. The van der Waals surface area contributed by atoms with E-state index in [2.05, 4.69) is 8.95 Å². The Morgan fingerprint density at radius 1 is 1.46 bits per heavy atom. The van der Waals surface area contributed by atoms with E-state index < -0.39 is 10.4 Å². The largest absolute Gasteiger partial charge is 1.00 e. The average Bonchev–Trinajstić information content (AvgIpc) is 1.94. The quantitative estimate of drug-likeness (QED) is 0.168. The van der Waals surface area contributed by atoms with Gasteiger partial charge in [-0.05, 0) is 26.4 Å². The fraction of sp³-hybridized carbons (Fsp3) is 1.00. The molecule has 0 spiro atoms. The van der Waals surface area contributed by atoms with Gasteiger partial charge in [-0.25, -0.2) is 12.0 Å². The molecule has 74 valence electrons. The predicted molar refractivity (Wildman–Crippen MR) is 46.4 cm³/mol. The van der Waals surface area contributed by atoms with E-state index in [9.17, 15) is 13.0 Å². The summed E-state index contributed by atoms with van der Waals surface area (Å²) in [6.45, 7) is 0.880. The Morgan fingerprint density at radius 3 is 2.54 bits per heavy atom. The molecule has 0 unspecified atom stereocenters. The molecule has 8 heteroatoms. The SMILES string of the molecule is CNCCCCSOS(=O)(=O)[O-].[Na+]. The fourth-order valence-corrected chi connectivity index (χ4v) is 1.62. The molecule has 0 radical (unpaired) electrons. The van der Waals surface area contributed by atoms with Crippen LogP contribution >= 0.6 is 12.0 Å². The predicted octanol–water partition coefficient (Wildman–Crippen LogP) is -2.88. The van der Waals surface area contributed by atoms with Crippen LogP contribution in [0.2, 0.25) is 0 Å². The number of rotatable bonds is 7. The van der Waals surface area contributed by atoms with Crippen LogP contribution < -0.4 is 34.9 Å². The van der Waals surface area contributed by atoms with Crippen LogP contribution in [-0.2, 0) is 14.0 Å². The first kappa shape index (κ1) is 16.6. The van der Waals surface area contributed by atoms with Crippen molar-refractivity contribution in [3.63, 3.8) is 0 Å². The van der Waals surface area contributed by atoms with Gasteiger partial charge in [0.2, 0.25) is 10.4 Å². The minimum atomic E-state index is -4.52. The monoisotopic (exact) mass is 237 g/mol. The molecule has 0 heterocycles. The van der Waals surface area contributed by atoms with E-state index in [0.717, 1.165) is 19.4 Å². The van der Waals surface area contributed by atoms with Crippen LogP contribution in [0.5, 0.6) is 0 Å². The summed E-state index contributed by atoms with van der Waals surface area (Å²) in [5.74, 6) is 0.517. The van der Waals surface area contributed by atoms with Gasteiger partial charge >= 0.3 is 29.6 Å². The summed E-state index contributed by atoms with van der Waals surface area (Å²) >= 11 is 0.682. The van der Waals surface area contributed by atoms with Crippen LogP contribution in [0.1, 0.15) is 12.8 Å². The Bertz CT molecular complexity index is 197. The Kier molecular flexibility index (Phi) is 12.4. The molecule has 13 heavy (non-hydrogen) atoms. The van der Waals surface area contributed by atoms with E-state index >= 15 is 0 Å². The molecule has 0 amide bonds. The second kappa shape index (κ2) is 9.72. The van der Waals surface area contributed by atoms with Gasteiger partial charge in [-0.15, -0.1) is 0 Å². The average molecular weight is 237 g/mol. The minimum Gasteiger partial charge on any atom is -0.725 e. The number of unbranched alkanes of at least 4 members (excludes halogenated alkanes) is 1. The Hall–Kier alpha value is 1.18. The fourth-order valence-electron chi connectivity index (χ4n) is 0.556. The van der Waals surface area contributed by atoms with Crippen LogP contribution in [-0.4, -0.2) is 32.3 Å². The standard InChI is InChI=1S/C5H13NO4S2.Na/c1-6-4-2-3-5-11-10-12(7,8)9;/h6H,2-5H2,1H3,(H,7,8,9);/q;+1/p-1. The van der Waals surface area contributed by atoms with Gasteiger partial charge in [0.25, 0.3) is 0 Å². The van der Waals surface area contributed by atoms with Gasteiger partial charge in [-0.2, -0.15) is 0 Å². The smallest absolute Gasteiger partial charge is 0.725 e. The van der Waals surface area contributed by atoms with Gasteiger partial charge < -0.3 is 9.87 Å². The second-order valence-electron chi connectivity index (χ2n) is 2.11. The Labute approximate surface area is 105 Å². The molecular weight excluding hydrogens is 225 g/mol. The van der Waals surface area contributed by atoms with E-state index in [0.29, 0.717) is 17.8 Å². The normalized spacial score (nSPS) is 10.9. The molecule has 0 aliphatic carbocycles. The molecule has 0 aromatic heterocycles. The summed E-state index contributed by atoms with van der Waals surface area (Å²) in [5.41, 5.74) is 0. The van der Waals surface area contributed by atoms with Gasteiger partial charge in [0.1, 0.15) is 0 Å². The maximum Gasteiger partial charge on any atom is 1.00 e. The van der Waals surface area contributed by atoms with E-state index in [-0.39, 0.29) is 29.6 Å².